The molecule has 2 N–H and O–H groups in total. The van der Waals surface area contributed by atoms with E-state index in [0.717, 1.165) is 0 Å². The summed E-state index contributed by atoms with van der Waals surface area (Å²) >= 11 is 13.5. The molecule has 110 valence electrons. The Morgan fingerprint density at radius 1 is 1.35 bits per heavy atom. The van der Waals surface area contributed by atoms with Crippen LogP contribution in [0.3, 0.4) is 0 Å². The lowest BCUT2D eigenvalue weighted by Gasteiger charge is -2.14. The zero-order valence-corrected chi connectivity index (χ0v) is 13.2. The number of halogens is 2. The number of aliphatic carboxylic acids is 1. The second-order valence-corrected chi connectivity index (χ2v) is 5.92. The van der Waals surface area contributed by atoms with Crippen LogP contribution in [-0.2, 0) is 16.0 Å². The molecule has 0 fully saturated rings. The Labute approximate surface area is 131 Å². The van der Waals surface area contributed by atoms with E-state index in [-0.39, 0.29) is 6.42 Å². The number of nitrogens with one attached hydrogen (secondary N) is 1. The molecule has 0 spiro atoms. The van der Waals surface area contributed by atoms with Gasteiger partial charge in [-0.3, -0.25) is 4.79 Å². The van der Waals surface area contributed by atoms with Crippen LogP contribution in [-0.4, -0.2) is 35.0 Å². The molecule has 0 saturated carbocycles. The molecule has 0 saturated heterocycles. The third kappa shape index (κ3) is 5.23. The lowest BCUT2D eigenvalue weighted by molar-refractivity contribution is -0.141. The fourth-order valence-corrected chi connectivity index (χ4v) is 2.60. The summed E-state index contributed by atoms with van der Waals surface area (Å²) in [6.07, 6.45) is 2.21. The molecule has 20 heavy (non-hydrogen) atoms. The zero-order chi connectivity index (χ0) is 15.1. The van der Waals surface area contributed by atoms with Gasteiger partial charge in [0.05, 0.1) is 6.42 Å². The molecule has 7 heteroatoms. The molecule has 1 unspecified atom stereocenters. The molecule has 0 aliphatic carbocycles. The topological polar surface area (TPSA) is 66.4 Å². The third-order valence-electron chi connectivity index (χ3n) is 2.64. The van der Waals surface area contributed by atoms with E-state index in [1.54, 1.807) is 18.2 Å². The quantitative estimate of drug-likeness (QED) is 0.804. The predicted molar refractivity (Wildman–Crippen MR) is 82.7 cm³/mol. The maximum absolute atomic E-state index is 11.9. The Balaban J connectivity index is 2.68. The Morgan fingerprint density at radius 2 is 1.95 bits per heavy atom. The first kappa shape index (κ1) is 17.1. The Bertz CT molecular complexity index is 476. The minimum atomic E-state index is -1.04. The van der Waals surface area contributed by atoms with Crippen LogP contribution in [0, 0.1) is 0 Å². The first-order chi connectivity index (χ1) is 9.45. The fraction of sp³-hybridized carbons (Fsp3) is 0.385. The van der Waals surface area contributed by atoms with Crippen LogP contribution in [0.25, 0.3) is 0 Å². The number of carboxylic acids is 1. The van der Waals surface area contributed by atoms with Gasteiger partial charge in [0, 0.05) is 10.0 Å². The standard InChI is InChI=1S/C13H15Cl2NO3S/c1-20-6-5-11(13(18)19)16-12(17)7-8-9(14)3-2-4-10(8)15/h2-4,11H,5-7H2,1H3,(H,16,17)(H,18,19). The van der Waals surface area contributed by atoms with Crippen molar-refractivity contribution in [2.24, 2.45) is 0 Å². The number of hydrogen-bond acceptors (Lipinski definition) is 3. The van der Waals surface area contributed by atoms with E-state index in [2.05, 4.69) is 5.32 Å². The van der Waals surface area contributed by atoms with Crippen LogP contribution < -0.4 is 5.32 Å². The Kier molecular flexibility index (Phi) is 7.19. The first-order valence-electron chi connectivity index (χ1n) is 5.89. The van der Waals surface area contributed by atoms with Gasteiger partial charge in [-0.15, -0.1) is 0 Å². The minimum absolute atomic E-state index is 0.0401. The van der Waals surface area contributed by atoms with Crippen LogP contribution in [0.2, 0.25) is 10.0 Å². The van der Waals surface area contributed by atoms with Crippen LogP contribution in [0.5, 0.6) is 0 Å². The molecular weight excluding hydrogens is 321 g/mol. The van der Waals surface area contributed by atoms with Crippen LogP contribution in [0.4, 0.5) is 0 Å². The highest BCUT2D eigenvalue weighted by atomic mass is 35.5. The molecule has 1 atom stereocenters. The predicted octanol–water partition coefficient (Wildman–Crippen LogP) is 2.86. The van der Waals surface area contributed by atoms with E-state index < -0.39 is 17.9 Å². The number of amides is 1. The summed E-state index contributed by atoms with van der Waals surface area (Å²) in [7, 11) is 0. The lowest BCUT2D eigenvalue weighted by atomic mass is 10.1. The van der Waals surface area contributed by atoms with Crippen molar-refractivity contribution in [3.8, 4) is 0 Å². The van der Waals surface area contributed by atoms with Crippen molar-refractivity contribution >= 4 is 46.8 Å². The number of benzene rings is 1. The summed E-state index contributed by atoms with van der Waals surface area (Å²) in [5, 5.41) is 12.3. The van der Waals surface area contributed by atoms with Crippen molar-refractivity contribution in [3.63, 3.8) is 0 Å². The van der Waals surface area contributed by atoms with E-state index in [9.17, 15) is 9.59 Å². The van der Waals surface area contributed by atoms with Crippen molar-refractivity contribution in [2.45, 2.75) is 18.9 Å². The second kappa shape index (κ2) is 8.39. The number of rotatable bonds is 7. The Hall–Kier alpha value is -0.910. The molecule has 1 amide bonds. The molecular formula is C13H15Cl2NO3S. The van der Waals surface area contributed by atoms with Crippen molar-refractivity contribution in [1.82, 2.24) is 5.32 Å². The summed E-state index contributed by atoms with van der Waals surface area (Å²) < 4.78 is 0. The zero-order valence-electron chi connectivity index (χ0n) is 10.9. The van der Waals surface area contributed by atoms with E-state index in [4.69, 9.17) is 28.3 Å². The molecule has 0 radical (unpaired) electrons. The van der Waals surface area contributed by atoms with Gasteiger partial charge in [-0.1, -0.05) is 29.3 Å². The van der Waals surface area contributed by atoms with Crippen LogP contribution in [0.15, 0.2) is 18.2 Å². The summed E-state index contributed by atoms with van der Waals surface area (Å²) in [6.45, 7) is 0. The van der Waals surface area contributed by atoms with Crippen molar-refractivity contribution in [1.29, 1.82) is 0 Å². The summed E-state index contributed by atoms with van der Waals surface area (Å²) in [6, 6.07) is 4.07. The second-order valence-electron chi connectivity index (χ2n) is 4.12. The fourth-order valence-electron chi connectivity index (χ4n) is 1.60. The molecule has 0 heterocycles. The monoisotopic (exact) mass is 335 g/mol. The number of carboxylic acid groups (broad SMARTS) is 1. The number of carbonyl (C=O) groups is 2. The van der Waals surface area contributed by atoms with Crippen LogP contribution >= 0.6 is 35.0 Å². The minimum Gasteiger partial charge on any atom is -0.480 e. The van der Waals surface area contributed by atoms with Gasteiger partial charge >= 0.3 is 5.97 Å². The van der Waals surface area contributed by atoms with Gasteiger partial charge in [0.15, 0.2) is 0 Å². The maximum atomic E-state index is 11.9. The average Bonchev–Trinajstić information content (AvgIpc) is 2.38. The Morgan fingerprint density at radius 3 is 2.45 bits per heavy atom. The molecule has 4 nitrogen and oxygen atoms in total. The molecule has 0 aliphatic heterocycles. The maximum Gasteiger partial charge on any atom is 0.326 e. The van der Waals surface area contributed by atoms with Crippen molar-refractivity contribution in [2.75, 3.05) is 12.0 Å². The molecule has 1 rings (SSSR count). The SMILES string of the molecule is CSCCC(NC(=O)Cc1c(Cl)cccc1Cl)C(=O)O. The molecule has 1 aromatic rings. The number of carbonyl (C=O) groups excluding carboxylic acids is 1. The third-order valence-corrected chi connectivity index (χ3v) is 4.00. The highest BCUT2D eigenvalue weighted by Gasteiger charge is 2.20. The van der Waals surface area contributed by atoms with E-state index >= 15 is 0 Å². The van der Waals surface area contributed by atoms with E-state index in [1.165, 1.54) is 11.8 Å². The van der Waals surface area contributed by atoms with Gasteiger partial charge in [-0.2, -0.15) is 11.8 Å². The smallest absolute Gasteiger partial charge is 0.326 e. The average molecular weight is 336 g/mol. The molecule has 0 aliphatic rings. The van der Waals surface area contributed by atoms with Gasteiger partial charge in [0.1, 0.15) is 6.04 Å². The van der Waals surface area contributed by atoms with Gasteiger partial charge in [0.2, 0.25) is 5.91 Å². The number of hydrogen-bond donors (Lipinski definition) is 2. The van der Waals surface area contributed by atoms with Gasteiger partial charge < -0.3 is 10.4 Å². The summed E-state index contributed by atoms with van der Waals surface area (Å²) in [4.78, 5) is 22.9. The van der Waals surface area contributed by atoms with Crippen molar-refractivity contribution in [3.05, 3.63) is 33.8 Å². The molecule has 0 aromatic heterocycles. The largest absolute Gasteiger partial charge is 0.480 e. The lowest BCUT2D eigenvalue weighted by Crippen LogP contribution is -2.41. The summed E-state index contributed by atoms with van der Waals surface area (Å²) in [5.41, 5.74) is 0.502. The van der Waals surface area contributed by atoms with Crippen molar-refractivity contribution < 1.29 is 14.7 Å². The van der Waals surface area contributed by atoms with Gasteiger partial charge in [-0.05, 0) is 36.1 Å². The first-order valence-corrected chi connectivity index (χ1v) is 8.04. The van der Waals surface area contributed by atoms with Gasteiger partial charge in [0.25, 0.3) is 0 Å². The highest BCUT2D eigenvalue weighted by molar-refractivity contribution is 7.98. The molecule has 0 bridgehead atoms. The molecule has 1 aromatic carbocycles. The number of thioether (sulfide) groups is 1. The van der Waals surface area contributed by atoms with Gasteiger partial charge in [-0.25, -0.2) is 4.79 Å². The van der Waals surface area contributed by atoms with Crippen LogP contribution in [0.1, 0.15) is 12.0 Å². The van der Waals surface area contributed by atoms with E-state index in [1.807, 2.05) is 6.26 Å². The highest BCUT2D eigenvalue weighted by Crippen LogP contribution is 2.24. The van der Waals surface area contributed by atoms with E-state index in [0.29, 0.717) is 27.8 Å². The summed E-state index contributed by atoms with van der Waals surface area (Å²) in [5.74, 6) is -0.796. The normalized spacial score (nSPS) is 11.9.